The van der Waals surface area contributed by atoms with Gasteiger partial charge in [-0.3, -0.25) is 9.59 Å². The standard InChI is InChI=1S/C13H23N3O4/c1-13(2,3)9(6-11(18)19)16-12(20)14-7-10(17)15-8-4-5-8/h8-9H,4-7H2,1-3H3,(H,15,17)(H,18,19)(H2,14,16,20). The van der Waals surface area contributed by atoms with Crippen LogP contribution in [0.5, 0.6) is 0 Å². The molecule has 0 bridgehead atoms. The van der Waals surface area contributed by atoms with Crippen LogP contribution in [0, 0.1) is 5.41 Å². The summed E-state index contributed by atoms with van der Waals surface area (Å²) in [6, 6.07) is -0.787. The summed E-state index contributed by atoms with van der Waals surface area (Å²) in [5.74, 6) is -1.20. The van der Waals surface area contributed by atoms with Gasteiger partial charge < -0.3 is 21.1 Å². The molecule has 1 atom stereocenters. The van der Waals surface area contributed by atoms with Crippen LogP contribution in [0.2, 0.25) is 0 Å². The topological polar surface area (TPSA) is 108 Å². The molecule has 0 radical (unpaired) electrons. The second-order valence-electron chi connectivity index (χ2n) is 6.19. The maximum absolute atomic E-state index is 11.7. The SMILES string of the molecule is CC(C)(C)C(CC(=O)O)NC(=O)NCC(=O)NC1CC1. The molecule has 1 aliphatic rings. The lowest BCUT2D eigenvalue weighted by Crippen LogP contribution is -2.50. The zero-order valence-electron chi connectivity index (χ0n) is 12.2. The summed E-state index contributed by atoms with van der Waals surface area (Å²) in [5.41, 5.74) is -0.383. The van der Waals surface area contributed by atoms with E-state index in [1.54, 1.807) is 0 Å². The van der Waals surface area contributed by atoms with E-state index in [-0.39, 0.29) is 30.3 Å². The predicted molar refractivity (Wildman–Crippen MR) is 73.2 cm³/mol. The van der Waals surface area contributed by atoms with Crippen molar-refractivity contribution in [1.82, 2.24) is 16.0 Å². The molecule has 20 heavy (non-hydrogen) atoms. The first-order chi connectivity index (χ1) is 9.18. The quantitative estimate of drug-likeness (QED) is 0.568. The lowest BCUT2D eigenvalue weighted by molar-refractivity contribution is -0.138. The van der Waals surface area contributed by atoms with E-state index < -0.39 is 18.0 Å². The monoisotopic (exact) mass is 285 g/mol. The van der Waals surface area contributed by atoms with Gasteiger partial charge in [0.05, 0.1) is 13.0 Å². The normalized spacial score (nSPS) is 16.1. The van der Waals surface area contributed by atoms with E-state index in [1.165, 1.54) is 0 Å². The molecule has 7 heteroatoms. The first-order valence-electron chi connectivity index (χ1n) is 6.74. The number of carbonyl (C=O) groups is 3. The Balaban J connectivity index is 2.36. The van der Waals surface area contributed by atoms with Crippen molar-refractivity contribution in [3.8, 4) is 0 Å². The molecule has 7 nitrogen and oxygen atoms in total. The summed E-state index contributed by atoms with van der Waals surface area (Å²) in [6.07, 6.45) is 1.82. The van der Waals surface area contributed by atoms with Crippen molar-refractivity contribution in [2.45, 2.75) is 52.1 Å². The molecule has 0 aliphatic heterocycles. The molecule has 1 aliphatic carbocycles. The molecule has 1 unspecified atom stereocenters. The zero-order chi connectivity index (χ0) is 15.3. The third-order valence-electron chi connectivity index (χ3n) is 3.08. The van der Waals surface area contributed by atoms with Gasteiger partial charge in [0.15, 0.2) is 0 Å². The van der Waals surface area contributed by atoms with Crippen LogP contribution >= 0.6 is 0 Å². The number of urea groups is 1. The van der Waals surface area contributed by atoms with Crippen LogP contribution in [-0.4, -0.2) is 41.6 Å². The van der Waals surface area contributed by atoms with E-state index in [4.69, 9.17) is 5.11 Å². The Kier molecular flexibility index (Phi) is 5.35. The van der Waals surface area contributed by atoms with Crippen LogP contribution in [0.1, 0.15) is 40.0 Å². The fourth-order valence-corrected chi connectivity index (χ4v) is 1.62. The largest absolute Gasteiger partial charge is 0.481 e. The molecule has 1 fully saturated rings. The molecule has 0 aromatic heterocycles. The van der Waals surface area contributed by atoms with E-state index in [1.807, 2.05) is 20.8 Å². The third-order valence-corrected chi connectivity index (χ3v) is 3.08. The summed E-state index contributed by atoms with van der Waals surface area (Å²) in [7, 11) is 0. The highest BCUT2D eigenvalue weighted by Crippen LogP contribution is 2.21. The van der Waals surface area contributed by atoms with Crippen molar-refractivity contribution in [1.29, 1.82) is 0 Å². The highest BCUT2D eigenvalue weighted by Gasteiger charge is 2.28. The number of carboxylic acid groups (broad SMARTS) is 1. The minimum Gasteiger partial charge on any atom is -0.481 e. The fraction of sp³-hybridized carbons (Fsp3) is 0.769. The van der Waals surface area contributed by atoms with Gasteiger partial charge >= 0.3 is 12.0 Å². The van der Waals surface area contributed by atoms with Gasteiger partial charge in [-0.05, 0) is 18.3 Å². The summed E-state index contributed by atoms with van der Waals surface area (Å²) >= 11 is 0. The number of aliphatic carboxylic acids is 1. The van der Waals surface area contributed by atoms with Gasteiger partial charge in [0, 0.05) is 12.1 Å². The summed E-state index contributed by atoms with van der Waals surface area (Å²) in [5, 5.41) is 16.6. The molecule has 1 rings (SSSR count). The Morgan fingerprint density at radius 3 is 2.30 bits per heavy atom. The Morgan fingerprint density at radius 2 is 1.85 bits per heavy atom. The zero-order valence-corrected chi connectivity index (χ0v) is 12.2. The Morgan fingerprint density at radius 1 is 1.25 bits per heavy atom. The average molecular weight is 285 g/mol. The highest BCUT2D eigenvalue weighted by molar-refractivity contribution is 5.84. The lowest BCUT2D eigenvalue weighted by Gasteiger charge is -2.30. The summed E-state index contributed by atoms with van der Waals surface area (Å²) < 4.78 is 0. The summed E-state index contributed by atoms with van der Waals surface area (Å²) in [4.78, 5) is 33.9. The van der Waals surface area contributed by atoms with E-state index in [0.29, 0.717) is 0 Å². The van der Waals surface area contributed by atoms with Crippen molar-refractivity contribution in [3.63, 3.8) is 0 Å². The number of carbonyl (C=O) groups excluding carboxylic acids is 2. The maximum Gasteiger partial charge on any atom is 0.315 e. The number of nitrogens with one attached hydrogen (secondary N) is 3. The summed E-state index contributed by atoms with van der Waals surface area (Å²) in [6.45, 7) is 5.44. The minimum absolute atomic E-state index is 0.105. The van der Waals surface area contributed by atoms with Crippen molar-refractivity contribution in [2.24, 2.45) is 5.41 Å². The van der Waals surface area contributed by atoms with E-state index >= 15 is 0 Å². The van der Waals surface area contributed by atoms with Crippen LogP contribution in [0.3, 0.4) is 0 Å². The molecule has 0 aromatic rings. The molecule has 1 saturated carbocycles. The van der Waals surface area contributed by atoms with Gasteiger partial charge in [0.2, 0.25) is 5.91 Å². The molecule has 3 amide bonds. The van der Waals surface area contributed by atoms with Crippen LogP contribution in [-0.2, 0) is 9.59 Å². The number of hydrogen-bond donors (Lipinski definition) is 4. The molecule has 0 aromatic carbocycles. The van der Waals surface area contributed by atoms with Gasteiger partial charge in [-0.25, -0.2) is 4.79 Å². The van der Waals surface area contributed by atoms with Crippen molar-refractivity contribution in [3.05, 3.63) is 0 Å². The van der Waals surface area contributed by atoms with Gasteiger partial charge in [-0.15, -0.1) is 0 Å². The third kappa shape index (κ3) is 6.40. The molecule has 4 N–H and O–H groups in total. The van der Waals surface area contributed by atoms with Gasteiger partial charge in [0.25, 0.3) is 0 Å². The van der Waals surface area contributed by atoms with Crippen molar-refractivity contribution in [2.75, 3.05) is 6.54 Å². The Labute approximate surface area is 118 Å². The second-order valence-corrected chi connectivity index (χ2v) is 6.19. The van der Waals surface area contributed by atoms with Gasteiger partial charge in [-0.1, -0.05) is 20.8 Å². The molecule has 0 heterocycles. The van der Waals surface area contributed by atoms with Crippen LogP contribution in [0.4, 0.5) is 4.79 Å². The number of rotatable bonds is 6. The molecular weight excluding hydrogens is 262 g/mol. The average Bonchev–Trinajstić information content (AvgIpc) is 3.07. The highest BCUT2D eigenvalue weighted by atomic mass is 16.4. The number of amides is 3. The Hall–Kier alpha value is -1.79. The van der Waals surface area contributed by atoms with Crippen LogP contribution in [0.25, 0.3) is 0 Å². The van der Waals surface area contributed by atoms with Crippen molar-refractivity contribution < 1.29 is 19.5 Å². The van der Waals surface area contributed by atoms with Crippen molar-refractivity contribution >= 4 is 17.9 Å². The minimum atomic E-state index is -0.975. The maximum atomic E-state index is 11.7. The van der Waals surface area contributed by atoms with Crippen LogP contribution < -0.4 is 16.0 Å². The molecule has 0 saturated heterocycles. The van der Waals surface area contributed by atoms with Gasteiger partial charge in [0.1, 0.15) is 0 Å². The van der Waals surface area contributed by atoms with E-state index in [9.17, 15) is 14.4 Å². The number of carboxylic acids is 1. The number of hydrogen-bond acceptors (Lipinski definition) is 3. The first kappa shape index (κ1) is 16.3. The second kappa shape index (κ2) is 6.58. The molecule has 0 spiro atoms. The smallest absolute Gasteiger partial charge is 0.315 e. The molecule has 114 valence electrons. The van der Waals surface area contributed by atoms with E-state index in [0.717, 1.165) is 12.8 Å². The first-order valence-corrected chi connectivity index (χ1v) is 6.74. The lowest BCUT2D eigenvalue weighted by atomic mass is 9.85. The van der Waals surface area contributed by atoms with Crippen LogP contribution in [0.15, 0.2) is 0 Å². The van der Waals surface area contributed by atoms with Gasteiger partial charge in [-0.2, -0.15) is 0 Å². The predicted octanol–water partition coefficient (Wildman–Crippen LogP) is 0.454. The van der Waals surface area contributed by atoms with E-state index in [2.05, 4.69) is 16.0 Å². The Bertz CT molecular complexity index is 386. The fourth-order valence-electron chi connectivity index (χ4n) is 1.62. The molecular formula is C13H23N3O4.